The third kappa shape index (κ3) is 3.66. The van der Waals surface area contributed by atoms with Gasteiger partial charge in [-0.3, -0.25) is 9.69 Å². The van der Waals surface area contributed by atoms with Crippen LogP contribution in [0.25, 0.3) is 6.08 Å². The summed E-state index contributed by atoms with van der Waals surface area (Å²) in [7, 11) is 1.68. The molecule has 1 saturated heterocycles. The molecule has 3 fully saturated rings. The Hall–Kier alpha value is -3.04. The van der Waals surface area contributed by atoms with Crippen LogP contribution in [0.4, 0.5) is 13.2 Å². The second-order valence-electron chi connectivity index (χ2n) is 12.3. The highest BCUT2D eigenvalue weighted by Gasteiger charge is 2.73. The van der Waals surface area contributed by atoms with E-state index in [4.69, 9.17) is 4.74 Å². The molecule has 212 valence electrons. The number of hydrogen-bond donors (Lipinski definition) is 2. The minimum absolute atomic E-state index is 0.0425. The summed E-state index contributed by atoms with van der Waals surface area (Å²) < 4.78 is 45.9. The molecule has 2 bridgehead atoms. The van der Waals surface area contributed by atoms with Crippen molar-refractivity contribution in [3.8, 4) is 11.5 Å². The van der Waals surface area contributed by atoms with Crippen LogP contribution in [0.3, 0.4) is 0 Å². The molecule has 40 heavy (non-hydrogen) atoms. The molecular formula is C31H33F3N2O4. The van der Waals surface area contributed by atoms with E-state index in [1.54, 1.807) is 18.0 Å². The van der Waals surface area contributed by atoms with Crippen LogP contribution >= 0.6 is 0 Å². The van der Waals surface area contributed by atoms with Gasteiger partial charge in [-0.05, 0) is 86.4 Å². The third-order valence-corrected chi connectivity index (χ3v) is 10.2. The molecule has 3 aliphatic carbocycles. The number of aliphatic hydroxyl groups is 1. The van der Waals surface area contributed by atoms with Gasteiger partial charge < -0.3 is 19.8 Å². The van der Waals surface area contributed by atoms with E-state index in [1.165, 1.54) is 37.1 Å². The smallest absolute Gasteiger partial charge is 0.416 e. The lowest BCUT2D eigenvalue weighted by molar-refractivity contribution is -0.200. The number of alkyl halides is 3. The second kappa shape index (κ2) is 8.73. The summed E-state index contributed by atoms with van der Waals surface area (Å²) in [6.45, 7) is 1.80. The van der Waals surface area contributed by atoms with Gasteiger partial charge in [-0.2, -0.15) is 13.2 Å². The Morgan fingerprint density at radius 3 is 2.75 bits per heavy atom. The van der Waals surface area contributed by atoms with Crippen LogP contribution in [0.2, 0.25) is 0 Å². The molecule has 2 heterocycles. The van der Waals surface area contributed by atoms with Gasteiger partial charge in [0.2, 0.25) is 5.91 Å². The van der Waals surface area contributed by atoms with Crippen molar-refractivity contribution in [1.82, 2.24) is 9.80 Å². The van der Waals surface area contributed by atoms with E-state index >= 15 is 0 Å². The lowest BCUT2D eigenvalue weighted by Crippen LogP contribution is -2.78. The van der Waals surface area contributed by atoms with Crippen LogP contribution in [0, 0.1) is 5.92 Å². The fourth-order valence-corrected chi connectivity index (χ4v) is 8.12. The van der Waals surface area contributed by atoms with Crippen LogP contribution in [-0.4, -0.2) is 69.8 Å². The number of carbonyl (C=O) groups excluding carboxylic acids is 1. The van der Waals surface area contributed by atoms with Crippen molar-refractivity contribution in [2.24, 2.45) is 5.92 Å². The maximum absolute atomic E-state index is 13.4. The van der Waals surface area contributed by atoms with Crippen LogP contribution in [-0.2, 0) is 22.8 Å². The molecule has 2 aliphatic heterocycles. The SMILES string of the molecule is CN(C(=O)C=Cc1cccc(C(F)(F)F)c1)[C@H]1CC[C@@]2(O)[C@H]3Cc4ccc(O)c5c4[C@@]2(CCN3CC2CC2)[C@H]1O5. The molecule has 5 atom stereocenters. The number of rotatable bonds is 5. The van der Waals surface area contributed by atoms with Gasteiger partial charge in [0.1, 0.15) is 6.10 Å². The predicted molar refractivity (Wildman–Crippen MR) is 142 cm³/mol. The van der Waals surface area contributed by atoms with Crippen molar-refractivity contribution < 1.29 is 32.9 Å². The number of hydrogen-bond acceptors (Lipinski definition) is 5. The second-order valence-corrected chi connectivity index (χ2v) is 12.3. The van der Waals surface area contributed by atoms with Gasteiger partial charge in [0.05, 0.1) is 22.6 Å². The van der Waals surface area contributed by atoms with Gasteiger partial charge in [0.15, 0.2) is 11.5 Å². The van der Waals surface area contributed by atoms with E-state index in [0.29, 0.717) is 37.4 Å². The lowest BCUT2D eigenvalue weighted by Gasteiger charge is -2.64. The van der Waals surface area contributed by atoms with E-state index < -0.39 is 28.9 Å². The van der Waals surface area contributed by atoms with Crippen molar-refractivity contribution in [2.75, 3.05) is 20.1 Å². The van der Waals surface area contributed by atoms with Crippen molar-refractivity contribution >= 4 is 12.0 Å². The monoisotopic (exact) mass is 554 g/mol. The number of benzene rings is 2. The zero-order chi connectivity index (χ0) is 28.0. The van der Waals surface area contributed by atoms with Crippen molar-refractivity contribution in [3.63, 3.8) is 0 Å². The number of phenols is 1. The van der Waals surface area contributed by atoms with Gasteiger partial charge in [0, 0.05) is 31.3 Å². The Kier molecular flexibility index (Phi) is 5.65. The average Bonchev–Trinajstić information content (AvgIpc) is 3.66. The van der Waals surface area contributed by atoms with Gasteiger partial charge in [-0.25, -0.2) is 0 Å². The topological polar surface area (TPSA) is 73.2 Å². The molecule has 2 aromatic rings. The molecule has 1 amide bonds. The van der Waals surface area contributed by atoms with E-state index in [1.807, 2.05) is 6.07 Å². The van der Waals surface area contributed by atoms with Gasteiger partial charge in [0.25, 0.3) is 0 Å². The number of aromatic hydroxyl groups is 1. The number of nitrogens with zero attached hydrogens (tertiary/aromatic N) is 2. The quantitative estimate of drug-likeness (QED) is 0.532. The summed E-state index contributed by atoms with van der Waals surface area (Å²) in [5, 5.41) is 23.4. The highest BCUT2D eigenvalue weighted by Crippen LogP contribution is 2.66. The van der Waals surface area contributed by atoms with Crippen LogP contribution < -0.4 is 4.74 Å². The number of ether oxygens (including phenoxy) is 1. The largest absolute Gasteiger partial charge is 0.504 e. The van der Waals surface area contributed by atoms with E-state index in [-0.39, 0.29) is 29.3 Å². The summed E-state index contributed by atoms with van der Waals surface area (Å²) in [4.78, 5) is 17.4. The first-order chi connectivity index (χ1) is 19.0. The van der Waals surface area contributed by atoms with E-state index in [2.05, 4.69) is 4.90 Å². The fourth-order valence-electron chi connectivity index (χ4n) is 8.12. The van der Waals surface area contributed by atoms with Crippen LogP contribution in [0.1, 0.15) is 54.4 Å². The molecule has 2 aromatic carbocycles. The first-order valence-corrected chi connectivity index (χ1v) is 14.1. The third-order valence-electron chi connectivity index (χ3n) is 10.2. The Balaban J connectivity index is 1.21. The molecule has 0 aromatic heterocycles. The molecule has 2 N–H and O–H groups in total. The van der Waals surface area contributed by atoms with Crippen molar-refractivity contribution in [3.05, 3.63) is 64.7 Å². The number of carbonyl (C=O) groups is 1. The average molecular weight is 555 g/mol. The minimum Gasteiger partial charge on any atom is -0.504 e. The first kappa shape index (κ1) is 25.9. The van der Waals surface area contributed by atoms with Crippen molar-refractivity contribution in [2.45, 2.75) is 73.9 Å². The highest BCUT2D eigenvalue weighted by molar-refractivity contribution is 5.92. The Morgan fingerprint density at radius 2 is 2.00 bits per heavy atom. The van der Waals surface area contributed by atoms with Gasteiger partial charge >= 0.3 is 6.18 Å². The molecule has 5 aliphatic rings. The molecule has 6 nitrogen and oxygen atoms in total. The molecular weight excluding hydrogens is 521 g/mol. The highest BCUT2D eigenvalue weighted by atomic mass is 19.4. The molecule has 0 unspecified atom stereocenters. The number of amides is 1. The maximum Gasteiger partial charge on any atom is 0.416 e. The summed E-state index contributed by atoms with van der Waals surface area (Å²) in [6.07, 6.45) is 2.51. The van der Waals surface area contributed by atoms with Crippen LogP contribution in [0.15, 0.2) is 42.5 Å². The Morgan fingerprint density at radius 1 is 1.20 bits per heavy atom. The zero-order valence-electron chi connectivity index (χ0n) is 22.3. The Labute approximate surface area is 231 Å². The van der Waals surface area contributed by atoms with E-state index in [9.17, 15) is 28.2 Å². The predicted octanol–water partition coefficient (Wildman–Crippen LogP) is 4.52. The zero-order valence-corrected chi connectivity index (χ0v) is 22.3. The van der Waals surface area contributed by atoms with Crippen molar-refractivity contribution in [1.29, 1.82) is 0 Å². The molecule has 1 spiro atoms. The summed E-state index contributed by atoms with van der Waals surface area (Å²) >= 11 is 0. The molecule has 0 radical (unpaired) electrons. The lowest BCUT2D eigenvalue weighted by atomic mass is 9.48. The number of phenolic OH excluding ortho intramolecular Hbond substituents is 1. The summed E-state index contributed by atoms with van der Waals surface area (Å²) in [5.74, 6) is 0.795. The van der Waals surface area contributed by atoms with Gasteiger partial charge in [-0.1, -0.05) is 18.2 Å². The summed E-state index contributed by atoms with van der Waals surface area (Å²) in [5.41, 5.74) is -0.303. The number of halogens is 3. The number of likely N-dealkylation sites (tertiary alicyclic amines) is 1. The molecule has 7 rings (SSSR count). The Bertz CT molecular complexity index is 1410. The molecule has 2 saturated carbocycles. The van der Waals surface area contributed by atoms with Crippen LogP contribution in [0.5, 0.6) is 11.5 Å². The summed E-state index contributed by atoms with van der Waals surface area (Å²) in [6, 6.07) is 8.03. The number of likely N-dealkylation sites (N-methyl/N-ethyl adjacent to an activating group) is 1. The maximum atomic E-state index is 13.4. The number of piperidine rings is 1. The first-order valence-electron chi connectivity index (χ1n) is 14.1. The van der Waals surface area contributed by atoms with Gasteiger partial charge in [-0.15, -0.1) is 0 Å². The normalized spacial score (nSPS) is 32.6. The standard InChI is InChI=1S/C31H33F3N2O4/c1-35(25(38)10-7-18-3-2-4-21(15-18)31(32,33)34)22-11-12-30(39)24-16-20-8-9-23(37)27-26(20)29(30,28(22)40-27)13-14-36(24)17-19-5-6-19/h2-4,7-10,15,19,22,24,28,37,39H,5-6,11-14,16-17H2,1H3/t22-,24+,28-,29-,30+/m0/s1. The minimum atomic E-state index is -4.46. The molecule has 9 heteroatoms. The van der Waals surface area contributed by atoms with E-state index in [0.717, 1.165) is 36.3 Å². The fraction of sp³-hybridized carbons (Fsp3) is 0.516.